The number of unbranched alkanes of at least 4 members (excludes halogenated alkanes) is 1. The van der Waals surface area contributed by atoms with Crippen LogP contribution in [-0.4, -0.2) is 16.8 Å². The number of anilines is 1. The van der Waals surface area contributed by atoms with E-state index in [1.807, 2.05) is 18.2 Å². The maximum atomic E-state index is 11.2. The maximum Gasteiger partial charge on any atom is 0.257 e. The first kappa shape index (κ1) is 11.5. The van der Waals surface area contributed by atoms with Gasteiger partial charge in [-0.25, -0.2) is 0 Å². The second-order valence-electron chi connectivity index (χ2n) is 3.84. The molecule has 1 amide bonds. The van der Waals surface area contributed by atoms with Crippen LogP contribution in [0.4, 0.5) is 5.69 Å². The number of rotatable bonds is 4. The zero-order valence-corrected chi connectivity index (χ0v) is 10.0. The monoisotopic (exact) mass is 237 g/mol. The lowest BCUT2D eigenvalue weighted by molar-refractivity contribution is -0.123. The van der Waals surface area contributed by atoms with E-state index in [1.54, 1.807) is 11.8 Å². The van der Waals surface area contributed by atoms with Gasteiger partial charge in [-0.05, 0) is 24.3 Å². The molecule has 0 bridgehead atoms. The molecule has 0 radical (unpaired) electrons. The average Bonchev–Trinajstić information content (AvgIpc) is 2.55. The summed E-state index contributed by atoms with van der Waals surface area (Å²) < 4.78 is 0. The summed E-state index contributed by atoms with van der Waals surface area (Å²) in [6, 6.07) is 5.72. The third kappa shape index (κ3) is 2.23. The molecule has 0 fully saturated rings. The molecule has 1 aromatic carbocycles. The van der Waals surface area contributed by atoms with Gasteiger partial charge in [0.1, 0.15) is 0 Å². The zero-order valence-electron chi connectivity index (χ0n) is 9.19. The Kier molecular flexibility index (Phi) is 3.51. The van der Waals surface area contributed by atoms with Crippen molar-refractivity contribution in [2.75, 3.05) is 11.1 Å². The molecule has 2 rings (SSSR count). The zero-order chi connectivity index (χ0) is 11.5. The standard InChI is InChI=1S/C12H15NO2S/c1-2-3-6-16-8-4-5-9-10(7-8)13-12(15)11(9)14/h4-5,7,11,14H,2-3,6H2,1H3,(H,13,15). The molecular formula is C12H15NO2S. The first-order valence-corrected chi connectivity index (χ1v) is 6.46. The Bertz CT molecular complexity index is 406. The van der Waals surface area contributed by atoms with Crippen molar-refractivity contribution in [1.82, 2.24) is 0 Å². The van der Waals surface area contributed by atoms with Gasteiger partial charge in [-0.2, -0.15) is 0 Å². The molecule has 16 heavy (non-hydrogen) atoms. The summed E-state index contributed by atoms with van der Waals surface area (Å²) in [6.45, 7) is 2.17. The average molecular weight is 237 g/mol. The number of fused-ring (bicyclic) bond motifs is 1. The molecule has 0 spiro atoms. The number of thioether (sulfide) groups is 1. The number of carbonyl (C=O) groups is 1. The van der Waals surface area contributed by atoms with E-state index < -0.39 is 6.10 Å². The Labute approximate surface area is 99.2 Å². The van der Waals surface area contributed by atoms with Gasteiger partial charge in [-0.1, -0.05) is 19.4 Å². The predicted molar refractivity (Wildman–Crippen MR) is 65.7 cm³/mol. The third-order valence-corrected chi connectivity index (χ3v) is 3.67. The van der Waals surface area contributed by atoms with Crippen molar-refractivity contribution >= 4 is 23.4 Å². The van der Waals surface area contributed by atoms with Crippen LogP contribution in [0.3, 0.4) is 0 Å². The number of hydrogen-bond acceptors (Lipinski definition) is 3. The van der Waals surface area contributed by atoms with Gasteiger partial charge in [0.25, 0.3) is 5.91 Å². The number of benzene rings is 1. The molecule has 1 unspecified atom stereocenters. The number of aliphatic hydroxyl groups is 1. The van der Waals surface area contributed by atoms with E-state index in [2.05, 4.69) is 12.2 Å². The summed E-state index contributed by atoms with van der Waals surface area (Å²) >= 11 is 1.78. The van der Waals surface area contributed by atoms with Crippen molar-refractivity contribution < 1.29 is 9.90 Å². The minimum atomic E-state index is -0.996. The van der Waals surface area contributed by atoms with Gasteiger partial charge >= 0.3 is 0 Å². The van der Waals surface area contributed by atoms with Crippen LogP contribution in [0.5, 0.6) is 0 Å². The summed E-state index contributed by atoms with van der Waals surface area (Å²) in [5.74, 6) is 0.761. The fourth-order valence-electron chi connectivity index (χ4n) is 1.65. The van der Waals surface area contributed by atoms with Gasteiger partial charge in [0.2, 0.25) is 0 Å². The number of nitrogens with one attached hydrogen (secondary N) is 1. The molecule has 3 nitrogen and oxygen atoms in total. The molecule has 86 valence electrons. The molecule has 2 N–H and O–H groups in total. The predicted octanol–water partition coefficient (Wildman–Crippen LogP) is 2.56. The van der Waals surface area contributed by atoms with Crippen LogP contribution in [0.2, 0.25) is 0 Å². The Morgan fingerprint density at radius 1 is 1.50 bits per heavy atom. The number of hydrogen-bond donors (Lipinski definition) is 2. The van der Waals surface area contributed by atoms with E-state index in [-0.39, 0.29) is 5.91 Å². The van der Waals surface area contributed by atoms with Crippen LogP contribution in [0.15, 0.2) is 23.1 Å². The second kappa shape index (κ2) is 4.89. The maximum absolute atomic E-state index is 11.2. The molecule has 1 heterocycles. The lowest BCUT2D eigenvalue weighted by Crippen LogP contribution is -2.10. The van der Waals surface area contributed by atoms with Gasteiger partial charge < -0.3 is 10.4 Å². The van der Waals surface area contributed by atoms with E-state index in [0.717, 1.165) is 16.3 Å². The fourth-order valence-corrected chi connectivity index (χ4v) is 2.68. The van der Waals surface area contributed by atoms with Crippen LogP contribution < -0.4 is 5.32 Å². The molecule has 1 aliphatic rings. The topological polar surface area (TPSA) is 49.3 Å². The SMILES string of the molecule is CCCCSc1ccc2c(c1)NC(=O)C2O. The molecule has 1 aliphatic heterocycles. The van der Waals surface area contributed by atoms with Gasteiger partial charge in [0, 0.05) is 16.1 Å². The first-order chi connectivity index (χ1) is 7.72. The van der Waals surface area contributed by atoms with Gasteiger partial charge in [0.15, 0.2) is 6.10 Å². The second-order valence-corrected chi connectivity index (χ2v) is 5.01. The molecule has 0 aliphatic carbocycles. The molecule has 0 saturated carbocycles. The molecule has 1 atom stereocenters. The van der Waals surface area contributed by atoms with Crippen LogP contribution in [0, 0.1) is 0 Å². The summed E-state index contributed by atoms with van der Waals surface area (Å²) in [4.78, 5) is 12.4. The normalized spacial score (nSPS) is 18.4. The highest BCUT2D eigenvalue weighted by Gasteiger charge is 2.28. The van der Waals surface area contributed by atoms with Crippen LogP contribution in [0.25, 0.3) is 0 Å². The summed E-state index contributed by atoms with van der Waals surface area (Å²) in [7, 11) is 0. The Morgan fingerprint density at radius 2 is 2.31 bits per heavy atom. The van der Waals surface area contributed by atoms with Crippen LogP contribution in [0.1, 0.15) is 31.4 Å². The Hall–Kier alpha value is -1.00. The lowest BCUT2D eigenvalue weighted by atomic mass is 10.1. The van der Waals surface area contributed by atoms with E-state index >= 15 is 0 Å². The van der Waals surface area contributed by atoms with Crippen LogP contribution >= 0.6 is 11.8 Å². The lowest BCUT2D eigenvalue weighted by Gasteiger charge is -2.04. The third-order valence-electron chi connectivity index (χ3n) is 2.59. The smallest absolute Gasteiger partial charge is 0.257 e. The van der Waals surface area contributed by atoms with Gasteiger partial charge in [-0.15, -0.1) is 11.8 Å². The first-order valence-electron chi connectivity index (χ1n) is 5.48. The van der Waals surface area contributed by atoms with Gasteiger partial charge in [0.05, 0.1) is 0 Å². The van der Waals surface area contributed by atoms with Crippen molar-refractivity contribution in [1.29, 1.82) is 0 Å². The minimum Gasteiger partial charge on any atom is -0.378 e. The summed E-state index contributed by atoms with van der Waals surface area (Å²) in [5.41, 5.74) is 1.43. The minimum absolute atomic E-state index is 0.328. The highest BCUT2D eigenvalue weighted by Crippen LogP contribution is 2.34. The number of amides is 1. The van der Waals surface area contributed by atoms with E-state index in [1.165, 1.54) is 12.8 Å². The number of aliphatic hydroxyl groups excluding tert-OH is 1. The molecule has 0 saturated heterocycles. The van der Waals surface area contributed by atoms with E-state index in [9.17, 15) is 9.90 Å². The highest BCUT2D eigenvalue weighted by molar-refractivity contribution is 7.99. The molecular weight excluding hydrogens is 222 g/mol. The molecule has 4 heteroatoms. The van der Waals surface area contributed by atoms with Crippen molar-refractivity contribution in [3.05, 3.63) is 23.8 Å². The van der Waals surface area contributed by atoms with E-state index in [0.29, 0.717) is 5.56 Å². The van der Waals surface area contributed by atoms with E-state index in [4.69, 9.17) is 0 Å². The molecule has 1 aromatic rings. The quantitative estimate of drug-likeness (QED) is 0.625. The van der Waals surface area contributed by atoms with Crippen molar-refractivity contribution in [2.24, 2.45) is 0 Å². The fraction of sp³-hybridized carbons (Fsp3) is 0.417. The highest BCUT2D eigenvalue weighted by atomic mass is 32.2. The van der Waals surface area contributed by atoms with Gasteiger partial charge in [-0.3, -0.25) is 4.79 Å². The Balaban J connectivity index is 2.09. The number of carbonyl (C=O) groups excluding carboxylic acids is 1. The van der Waals surface area contributed by atoms with Crippen LogP contribution in [-0.2, 0) is 4.79 Å². The summed E-state index contributed by atoms with van der Waals surface area (Å²) in [5, 5.41) is 12.2. The summed E-state index contributed by atoms with van der Waals surface area (Å²) in [6.07, 6.45) is 1.38. The van der Waals surface area contributed by atoms with Crippen molar-refractivity contribution in [3.8, 4) is 0 Å². The van der Waals surface area contributed by atoms with Crippen molar-refractivity contribution in [2.45, 2.75) is 30.8 Å². The van der Waals surface area contributed by atoms with Crippen molar-refractivity contribution in [3.63, 3.8) is 0 Å². The molecule has 0 aromatic heterocycles. The Morgan fingerprint density at radius 3 is 3.06 bits per heavy atom. The largest absolute Gasteiger partial charge is 0.378 e.